The van der Waals surface area contributed by atoms with Crippen molar-refractivity contribution in [3.05, 3.63) is 41.2 Å². The SMILES string of the molecule is COc1cccc(OCCNC(=O)Cc2c(C)nn(C)c2C)c1. The molecule has 0 radical (unpaired) electrons. The minimum absolute atomic E-state index is 0.0292. The molecule has 6 nitrogen and oxygen atoms in total. The maximum absolute atomic E-state index is 12.0. The minimum atomic E-state index is -0.0292. The maximum atomic E-state index is 12.0. The third kappa shape index (κ3) is 4.48. The minimum Gasteiger partial charge on any atom is -0.497 e. The molecule has 1 N–H and O–H groups in total. The van der Waals surface area contributed by atoms with Crippen molar-refractivity contribution in [2.45, 2.75) is 20.3 Å². The highest BCUT2D eigenvalue weighted by atomic mass is 16.5. The molecule has 124 valence electrons. The van der Waals surface area contributed by atoms with E-state index in [0.717, 1.165) is 28.5 Å². The molecule has 0 aliphatic heterocycles. The lowest BCUT2D eigenvalue weighted by molar-refractivity contribution is -0.120. The number of aromatic nitrogens is 2. The van der Waals surface area contributed by atoms with Crippen LogP contribution in [0.5, 0.6) is 11.5 Å². The van der Waals surface area contributed by atoms with Crippen LogP contribution in [0.15, 0.2) is 24.3 Å². The van der Waals surface area contributed by atoms with Gasteiger partial charge in [-0.2, -0.15) is 5.10 Å². The third-order valence-electron chi connectivity index (χ3n) is 3.73. The van der Waals surface area contributed by atoms with Gasteiger partial charge in [-0.15, -0.1) is 0 Å². The van der Waals surface area contributed by atoms with Gasteiger partial charge in [-0.05, 0) is 26.0 Å². The van der Waals surface area contributed by atoms with Crippen LogP contribution in [0.25, 0.3) is 0 Å². The molecule has 1 heterocycles. The number of amides is 1. The smallest absolute Gasteiger partial charge is 0.224 e. The van der Waals surface area contributed by atoms with Crippen molar-refractivity contribution >= 4 is 5.91 Å². The molecule has 1 aromatic carbocycles. The summed E-state index contributed by atoms with van der Waals surface area (Å²) in [6.07, 6.45) is 0.338. The number of benzene rings is 1. The van der Waals surface area contributed by atoms with E-state index < -0.39 is 0 Å². The number of methoxy groups -OCH3 is 1. The Morgan fingerprint density at radius 2 is 2.04 bits per heavy atom. The highest BCUT2D eigenvalue weighted by Crippen LogP contribution is 2.18. The summed E-state index contributed by atoms with van der Waals surface area (Å²) in [6, 6.07) is 7.38. The van der Waals surface area contributed by atoms with Crippen molar-refractivity contribution < 1.29 is 14.3 Å². The van der Waals surface area contributed by atoms with Crippen LogP contribution >= 0.6 is 0 Å². The van der Waals surface area contributed by atoms with E-state index in [9.17, 15) is 4.79 Å². The third-order valence-corrected chi connectivity index (χ3v) is 3.73. The fourth-order valence-corrected chi connectivity index (χ4v) is 2.35. The molecular formula is C17H23N3O3. The van der Waals surface area contributed by atoms with Gasteiger partial charge in [0, 0.05) is 24.4 Å². The molecule has 0 atom stereocenters. The molecule has 0 aliphatic rings. The lowest BCUT2D eigenvalue weighted by atomic mass is 10.1. The predicted octanol–water partition coefficient (Wildman–Crippen LogP) is 1.78. The van der Waals surface area contributed by atoms with E-state index in [1.807, 2.05) is 45.2 Å². The molecule has 0 saturated carbocycles. The summed E-state index contributed by atoms with van der Waals surface area (Å²) >= 11 is 0. The average Bonchev–Trinajstić information content (AvgIpc) is 2.78. The lowest BCUT2D eigenvalue weighted by Gasteiger charge is -2.09. The average molecular weight is 317 g/mol. The first kappa shape index (κ1) is 16.9. The van der Waals surface area contributed by atoms with Crippen molar-refractivity contribution in [2.75, 3.05) is 20.3 Å². The number of ether oxygens (including phenoxy) is 2. The molecule has 1 aromatic heterocycles. The molecule has 6 heteroatoms. The number of nitrogens with one attached hydrogen (secondary N) is 1. The van der Waals surface area contributed by atoms with E-state index in [2.05, 4.69) is 10.4 Å². The van der Waals surface area contributed by atoms with Gasteiger partial charge in [0.15, 0.2) is 0 Å². The Bertz CT molecular complexity index is 680. The second-order valence-corrected chi connectivity index (χ2v) is 5.33. The second-order valence-electron chi connectivity index (χ2n) is 5.33. The fourth-order valence-electron chi connectivity index (χ4n) is 2.35. The van der Waals surface area contributed by atoms with Gasteiger partial charge in [-0.25, -0.2) is 0 Å². The highest BCUT2D eigenvalue weighted by molar-refractivity contribution is 5.79. The van der Waals surface area contributed by atoms with Crippen LogP contribution in [-0.4, -0.2) is 35.9 Å². The monoisotopic (exact) mass is 317 g/mol. The molecule has 2 rings (SSSR count). The van der Waals surface area contributed by atoms with Crippen LogP contribution in [0.1, 0.15) is 17.0 Å². The summed E-state index contributed by atoms with van der Waals surface area (Å²) in [4.78, 5) is 12.0. The Balaban J connectivity index is 1.76. The second kappa shape index (κ2) is 7.67. The van der Waals surface area contributed by atoms with E-state index in [0.29, 0.717) is 19.6 Å². The van der Waals surface area contributed by atoms with E-state index >= 15 is 0 Å². The maximum Gasteiger partial charge on any atom is 0.224 e. The molecule has 0 unspecified atom stereocenters. The zero-order valence-corrected chi connectivity index (χ0v) is 14.0. The summed E-state index contributed by atoms with van der Waals surface area (Å²) in [7, 11) is 3.49. The summed E-state index contributed by atoms with van der Waals surface area (Å²) in [5.41, 5.74) is 2.90. The Morgan fingerprint density at radius 3 is 2.70 bits per heavy atom. The Kier molecular flexibility index (Phi) is 5.62. The van der Waals surface area contributed by atoms with E-state index in [4.69, 9.17) is 9.47 Å². The van der Waals surface area contributed by atoms with Gasteiger partial charge < -0.3 is 14.8 Å². The van der Waals surface area contributed by atoms with Crippen LogP contribution in [0.4, 0.5) is 0 Å². The van der Waals surface area contributed by atoms with E-state index in [1.165, 1.54) is 0 Å². The number of hydrogen-bond donors (Lipinski definition) is 1. The van der Waals surface area contributed by atoms with Gasteiger partial charge in [0.1, 0.15) is 18.1 Å². The molecule has 2 aromatic rings. The van der Waals surface area contributed by atoms with Crippen molar-refractivity contribution in [2.24, 2.45) is 7.05 Å². The van der Waals surface area contributed by atoms with E-state index in [-0.39, 0.29) is 5.91 Å². The molecule has 23 heavy (non-hydrogen) atoms. The normalized spacial score (nSPS) is 10.4. The summed E-state index contributed by atoms with van der Waals surface area (Å²) in [5.74, 6) is 1.44. The van der Waals surface area contributed by atoms with Gasteiger partial charge in [0.25, 0.3) is 0 Å². The van der Waals surface area contributed by atoms with Gasteiger partial charge in [-0.3, -0.25) is 9.48 Å². The summed E-state index contributed by atoms with van der Waals surface area (Å²) < 4.78 is 12.5. The van der Waals surface area contributed by atoms with Crippen molar-refractivity contribution in [1.82, 2.24) is 15.1 Å². The fraction of sp³-hybridized carbons (Fsp3) is 0.412. The number of carbonyl (C=O) groups excluding carboxylic acids is 1. The van der Waals surface area contributed by atoms with Crippen molar-refractivity contribution in [3.8, 4) is 11.5 Å². The van der Waals surface area contributed by atoms with Gasteiger partial charge in [0.05, 0.1) is 25.8 Å². The van der Waals surface area contributed by atoms with Crippen molar-refractivity contribution in [3.63, 3.8) is 0 Å². The summed E-state index contributed by atoms with van der Waals surface area (Å²) in [6.45, 7) is 4.74. The molecular weight excluding hydrogens is 294 g/mol. The predicted molar refractivity (Wildman–Crippen MR) is 87.9 cm³/mol. The molecule has 1 amide bonds. The van der Waals surface area contributed by atoms with Gasteiger partial charge >= 0.3 is 0 Å². The van der Waals surface area contributed by atoms with Gasteiger partial charge in [0.2, 0.25) is 5.91 Å². The number of nitrogens with zero attached hydrogens (tertiary/aromatic N) is 2. The molecule has 0 bridgehead atoms. The largest absolute Gasteiger partial charge is 0.497 e. The first-order valence-electron chi connectivity index (χ1n) is 7.54. The zero-order chi connectivity index (χ0) is 16.8. The topological polar surface area (TPSA) is 65.4 Å². The van der Waals surface area contributed by atoms with Crippen LogP contribution in [0, 0.1) is 13.8 Å². The van der Waals surface area contributed by atoms with Crippen LogP contribution in [0.2, 0.25) is 0 Å². The quantitative estimate of drug-likeness (QED) is 0.791. The van der Waals surface area contributed by atoms with Crippen LogP contribution in [-0.2, 0) is 18.3 Å². The van der Waals surface area contributed by atoms with Crippen LogP contribution in [0.3, 0.4) is 0 Å². The Morgan fingerprint density at radius 1 is 1.30 bits per heavy atom. The first-order valence-corrected chi connectivity index (χ1v) is 7.54. The molecule has 0 saturated heterocycles. The van der Waals surface area contributed by atoms with Gasteiger partial charge in [-0.1, -0.05) is 6.07 Å². The zero-order valence-electron chi connectivity index (χ0n) is 14.0. The molecule has 0 fully saturated rings. The number of aryl methyl sites for hydroxylation is 2. The van der Waals surface area contributed by atoms with Crippen LogP contribution < -0.4 is 14.8 Å². The first-order chi connectivity index (χ1) is 11.0. The summed E-state index contributed by atoms with van der Waals surface area (Å²) in [5, 5.41) is 7.18. The Hall–Kier alpha value is -2.50. The van der Waals surface area contributed by atoms with E-state index in [1.54, 1.807) is 11.8 Å². The standard InChI is InChI=1S/C17H23N3O3/c1-12-16(13(2)20(3)19-12)11-17(21)18-8-9-23-15-7-5-6-14(10-15)22-4/h5-7,10H,8-9,11H2,1-4H3,(H,18,21). The number of rotatable bonds is 7. The number of hydrogen-bond acceptors (Lipinski definition) is 4. The molecule has 0 aliphatic carbocycles. The lowest BCUT2D eigenvalue weighted by Crippen LogP contribution is -2.29. The van der Waals surface area contributed by atoms with Crippen molar-refractivity contribution in [1.29, 1.82) is 0 Å². The Labute approximate surface area is 136 Å². The molecule has 0 spiro atoms. The highest BCUT2D eigenvalue weighted by Gasteiger charge is 2.13. The number of carbonyl (C=O) groups is 1.